The maximum Gasteiger partial charge on any atom is 0.306 e. The van der Waals surface area contributed by atoms with Crippen LogP contribution in [0.4, 0.5) is 4.39 Å². The van der Waals surface area contributed by atoms with Crippen molar-refractivity contribution in [2.24, 2.45) is 0 Å². The van der Waals surface area contributed by atoms with Gasteiger partial charge in [0.25, 0.3) is 0 Å². The quantitative estimate of drug-likeness (QED) is 0.651. The van der Waals surface area contributed by atoms with Crippen molar-refractivity contribution in [3.8, 4) is 5.69 Å². The van der Waals surface area contributed by atoms with Gasteiger partial charge in [0, 0.05) is 6.42 Å². The van der Waals surface area contributed by atoms with E-state index >= 15 is 0 Å². The van der Waals surface area contributed by atoms with Gasteiger partial charge < -0.3 is 4.74 Å². The molecule has 0 aliphatic heterocycles. The van der Waals surface area contributed by atoms with Crippen molar-refractivity contribution in [3.05, 3.63) is 71.8 Å². The molecule has 24 heavy (non-hydrogen) atoms. The monoisotopic (exact) mass is 326 g/mol. The predicted octanol–water partition coefficient (Wildman–Crippen LogP) is 2.48. The predicted molar refractivity (Wildman–Crippen MR) is 83.7 cm³/mol. The summed E-state index contributed by atoms with van der Waals surface area (Å²) in [7, 11) is 0. The highest BCUT2D eigenvalue weighted by Crippen LogP contribution is 2.09. The number of aromatic nitrogens is 4. The minimum atomic E-state index is -0.359. The number of benzene rings is 2. The average molecular weight is 326 g/mol. The molecule has 0 unspecified atom stereocenters. The summed E-state index contributed by atoms with van der Waals surface area (Å²) in [6.45, 7) is -0.00978. The van der Waals surface area contributed by atoms with Crippen molar-refractivity contribution in [1.82, 2.24) is 20.2 Å². The van der Waals surface area contributed by atoms with Crippen LogP contribution in [0.1, 0.15) is 17.8 Å². The molecule has 0 saturated heterocycles. The Morgan fingerprint density at radius 2 is 1.83 bits per heavy atom. The number of esters is 1. The number of nitrogens with zero attached hydrogens (tertiary/aromatic N) is 4. The lowest BCUT2D eigenvalue weighted by molar-refractivity contribution is -0.145. The summed E-state index contributed by atoms with van der Waals surface area (Å²) in [4.78, 5) is 11.9. The summed E-state index contributed by atoms with van der Waals surface area (Å²) in [6.07, 6.45) is 0.696. The fraction of sp³-hybridized carbons (Fsp3) is 0.176. The summed E-state index contributed by atoms with van der Waals surface area (Å²) >= 11 is 0. The highest BCUT2D eigenvalue weighted by atomic mass is 19.1. The van der Waals surface area contributed by atoms with E-state index in [1.54, 1.807) is 12.1 Å². The van der Waals surface area contributed by atoms with E-state index in [4.69, 9.17) is 4.74 Å². The zero-order valence-electron chi connectivity index (χ0n) is 12.8. The molecule has 2 aromatic carbocycles. The van der Waals surface area contributed by atoms with Crippen LogP contribution in [0.3, 0.4) is 0 Å². The van der Waals surface area contributed by atoms with Gasteiger partial charge in [-0.2, -0.15) is 4.68 Å². The molecule has 0 amide bonds. The SMILES string of the molecule is O=C(CCc1ccc(F)cc1)OCc1nnnn1-c1ccccc1. The maximum atomic E-state index is 12.8. The topological polar surface area (TPSA) is 69.9 Å². The van der Waals surface area contributed by atoms with Gasteiger partial charge in [0.2, 0.25) is 0 Å². The average Bonchev–Trinajstić information content (AvgIpc) is 3.09. The van der Waals surface area contributed by atoms with Gasteiger partial charge in [-0.15, -0.1) is 5.10 Å². The van der Waals surface area contributed by atoms with Gasteiger partial charge in [0.05, 0.1) is 5.69 Å². The first-order valence-corrected chi connectivity index (χ1v) is 7.45. The first-order valence-electron chi connectivity index (χ1n) is 7.45. The molecule has 0 atom stereocenters. The van der Waals surface area contributed by atoms with Crippen molar-refractivity contribution in [1.29, 1.82) is 0 Å². The molecule has 0 fully saturated rings. The van der Waals surface area contributed by atoms with Crippen molar-refractivity contribution >= 4 is 5.97 Å². The molecule has 0 bridgehead atoms. The molecule has 6 nitrogen and oxygen atoms in total. The lowest BCUT2D eigenvalue weighted by Gasteiger charge is -2.06. The summed E-state index contributed by atoms with van der Waals surface area (Å²) in [5.74, 6) is -0.215. The van der Waals surface area contributed by atoms with Crippen molar-refractivity contribution in [3.63, 3.8) is 0 Å². The third-order valence-electron chi connectivity index (χ3n) is 3.43. The third-order valence-corrected chi connectivity index (χ3v) is 3.43. The molecule has 122 valence electrons. The summed E-state index contributed by atoms with van der Waals surface area (Å²) in [5.41, 5.74) is 1.67. The van der Waals surface area contributed by atoms with E-state index < -0.39 is 0 Å². The fourth-order valence-corrected chi connectivity index (χ4v) is 2.18. The fourth-order valence-electron chi connectivity index (χ4n) is 2.18. The van der Waals surface area contributed by atoms with Gasteiger partial charge in [-0.25, -0.2) is 4.39 Å². The molecule has 3 rings (SSSR count). The Morgan fingerprint density at radius 3 is 2.58 bits per heavy atom. The van der Waals surface area contributed by atoms with E-state index in [1.165, 1.54) is 16.8 Å². The van der Waals surface area contributed by atoms with Crippen molar-refractivity contribution < 1.29 is 13.9 Å². The number of rotatable bonds is 6. The number of carbonyl (C=O) groups is 1. The van der Waals surface area contributed by atoms with Gasteiger partial charge >= 0.3 is 5.97 Å². The molecular formula is C17H15FN4O2. The van der Waals surface area contributed by atoms with Crippen LogP contribution in [0.2, 0.25) is 0 Å². The molecule has 0 aliphatic carbocycles. The van der Waals surface area contributed by atoms with E-state index in [9.17, 15) is 9.18 Å². The summed E-state index contributed by atoms with van der Waals surface area (Å²) in [6, 6.07) is 15.4. The first-order chi connectivity index (χ1) is 11.7. The smallest absolute Gasteiger partial charge is 0.306 e. The normalized spacial score (nSPS) is 10.5. The van der Waals surface area contributed by atoms with Gasteiger partial charge in [-0.3, -0.25) is 4.79 Å². The van der Waals surface area contributed by atoms with Crippen LogP contribution in [0.5, 0.6) is 0 Å². The minimum absolute atomic E-state index is 0.00978. The summed E-state index contributed by atoms with van der Waals surface area (Å²) in [5, 5.41) is 11.4. The van der Waals surface area contributed by atoms with Crippen LogP contribution in [0.25, 0.3) is 5.69 Å². The highest BCUT2D eigenvalue weighted by molar-refractivity contribution is 5.69. The molecule has 0 radical (unpaired) electrons. The van der Waals surface area contributed by atoms with E-state index in [0.29, 0.717) is 12.2 Å². The second-order valence-corrected chi connectivity index (χ2v) is 5.13. The highest BCUT2D eigenvalue weighted by Gasteiger charge is 2.11. The number of tetrazole rings is 1. The Bertz CT molecular complexity index is 803. The van der Waals surface area contributed by atoms with Crippen LogP contribution in [0, 0.1) is 5.82 Å². The lowest BCUT2D eigenvalue weighted by atomic mass is 10.1. The maximum absolute atomic E-state index is 12.8. The zero-order chi connectivity index (χ0) is 16.8. The van der Waals surface area contributed by atoms with E-state index in [-0.39, 0.29) is 24.8 Å². The Hall–Kier alpha value is -3.09. The molecule has 0 aliphatic rings. The van der Waals surface area contributed by atoms with Gasteiger partial charge in [-0.05, 0) is 46.7 Å². The van der Waals surface area contributed by atoms with Crippen LogP contribution < -0.4 is 0 Å². The molecule has 1 heterocycles. The van der Waals surface area contributed by atoms with E-state index in [2.05, 4.69) is 15.5 Å². The Labute approximate surface area is 137 Å². The first kappa shape index (κ1) is 15.8. The van der Waals surface area contributed by atoms with Crippen LogP contribution >= 0.6 is 0 Å². The number of aryl methyl sites for hydroxylation is 1. The van der Waals surface area contributed by atoms with Crippen LogP contribution in [-0.2, 0) is 22.6 Å². The number of halogens is 1. The second-order valence-electron chi connectivity index (χ2n) is 5.13. The Morgan fingerprint density at radius 1 is 1.08 bits per heavy atom. The van der Waals surface area contributed by atoms with Crippen LogP contribution in [0.15, 0.2) is 54.6 Å². The number of para-hydroxylation sites is 1. The number of carbonyl (C=O) groups excluding carboxylic acids is 1. The Kier molecular flexibility index (Phi) is 4.90. The van der Waals surface area contributed by atoms with E-state index in [1.807, 2.05) is 30.3 Å². The van der Waals surface area contributed by atoms with Gasteiger partial charge in [0.15, 0.2) is 12.4 Å². The molecule has 7 heteroatoms. The zero-order valence-corrected chi connectivity index (χ0v) is 12.8. The Balaban J connectivity index is 1.54. The minimum Gasteiger partial charge on any atom is -0.457 e. The van der Waals surface area contributed by atoms with Gasteiger partial charge in [0.1, 0.15) is 5.82 Å². The number of hydrogen-bond acceptors (Lipinski definition) is 5. The standard InChI is InChI=1S/C17H15FN4O2/c18-14-9-6-13(7-10-14)8-11-17(23)24-12-16-19-20-21-22(16)15-4-2-1-3-5-15/h1-7,9-10H,8,11-12H2. The largest absolute Gasteiger partial charge is 0.457 e. The molecule has 0 N–H and O–H groups in total. The van der Waals surface area contributed by atoms with Crippen molar-refractivity contribution in [2.45, 2.75) is 19.4 Å². The lowest BCUT2D eigenvalue weighted by Crippen LogP contribution is -2.10. The summed E-state index contributed by atoms with van der Waals surface area (Å²) < 4.78 is 19.6. The number of ether oxygens (including phenoxy) is 1. The van der Waals surface area contributed by atoms with Crippen molar-refractivity contribution in [2.75, 3.05) is 0 Å². The van der Waals surface area contributed by atoms with E-state index in [0.717, 1.165) is 11.3 Å². The second kappa shape index (κ2) is 7.45. The molecular weight excluding hydrogens is 311 g/mol. The van der Waals surface area contributed by atoms with Crippen LogP contribution in [-0.4, -0.2) is 26.2 Å². The van der Waals surface area contributed by atoms with Gasteiger partial charge in [-0.1, -0.05) is 30.3 Å². The molecule has 0 spiro atoms. The third kappa shape index (κ3) is 4.01. The molecule has 0 saturated carbocycles. The molecule has 3 aromatic rings. The number of hydrogen-bond donors (Lipinski definition) is 0. The molecule has 1 aromatic heterocycles.